The summed E-state index contributed by atoms with van der Waals surface area (Å²) < 4.78 is 1.69. The second-order valence-corrected chi connectivity index (χ2v) is 7.79. The lowest BCUT2D eigenvalue weighted by atomic mass is 9.90. The third-order valence-electron chi connectivity index (χ3n) is 4.35. The molecule has 0 saturated carbocycles. The van der Waals surface area contributed by atoms with Gasteiger partial charge in [0.1, 0.15) is 5.69 Å². The predicted molar refractivity (Wildman–Crippen MR) is 105 cm³/mol. The van der Waals surface area contributed by atoms with E-state index in [2.05, 4.69) is 10.4 Å². The van der Waals surface area contributed by atoms with Crippen LogP contribution in [0.15, 0.2) is 54.0 Å². The van der Waals surface area contributed by atoms with E-state index >= 15 is 0 Å². The summed E-state index contributed by atoms with van der Waals surface area (Å²) in [6.45, 7) is 3.57. The third-order valence-corrected chi connectivity index (χ3v) is 5.23. The molecule has 6 nitrogen and oxygen atoms in total. The molecule has 0 bridgehead atoms. The van der Waals surface area contributed by atoms with Crippen LogP contribution in [-0.4, -0.2) is 33.3 Å². The Labute approximate surface area is 161 Å². The standard InChI is InChI=1S/C20H21N3O3S/c1-20(2,19(25)26)10-11-21-18(24)15-13-23(14-7-4-3-5-8-14)22-17(15)16-9-6-12-27-16/h3-9,12-13H,10-11H2,1-2H3,(H,21,24)(H,25,26). The number of para-hydroxylation sites is 1. The van der Waals surface area contributed by atoms with Gasteiger partial charge in [-0.05, 0) is 43.8 Å². The smallest absolute Gasteiger partial charge is 0.309 e. The van der Waals surface area contributed by atoms with E-state index in [0.29, 0.717) is 17.7 Å². The van der Waals surface area contributed by atoms with Crippen LogP contribution < -0.4 is 5.32 Å². The highest BCUT2D eigenvalue weighted by Gasteiger charge is 2.27. The lowest BCUT2D eigenvalue weighted by molar-refractivity contribution is -0.147. The van der Waals surface area contributed by atoms with Gasteiger partial charge in [0.25, 0.3) is 5.91 Å². The number of carbonyl (C=O) groups is 2. The Kier molecular flexibility index (Phi) is 5.41. The molecule has 0 atom stereocenters. The van der Waals surface area contributed by atoms with E-state index in [0.717, 1.165) is 10.6 Å². The fourth-order valence-electron chi connectivity index (χ4n) is 2.54. The number of carboxylic acid groups (broad SMARTS) is 1. The predicted octanol–water partition coefficient (Wildman–Crippen LogP) is 3.83. The minimum absolute atomic E-state index is 0.262. The molecule has 3 aromatic rings. The van der Waals surface area contributed by atoms with Gasteiger partial charge < -0.3 is 10.4 Å². The lowest BCUT2D eigenvalue weighted by Gasteiger charge is -2.18. The number of thiophene rings is 1. The first-order valence-electron chi connectivity index (χ1n) is 8.59. The average Bonchev–Trinajstić information content (AvgIpc) is 3.31. The molecule has 0 spiro atoms. The molecular weight excluding hydrogens is 362 g/mol. The number of amides is 1. The average molecular weight is 383 g/mol. The fraction of sp³-hybridized carbons (Fsp3) is 0.250. The van der Waals surface area contributed by atoms with Crippen LogP contribution in [0.4, 0.5) is 0 Å². The Balaban J connectivity index is 1.84. The minimum Gasteiger partial charge on any atom is -0.481 e. The van der Waals surface area contributed by atoms with E-state index in [4.69, 9.17) is 0 Å². The SMILES string of the molecule is CC(C)(CCNC(=O)c1cn(-c2ccccc2)nc1-c1cccs1)C(=O)O. The van der Waals surface area contributed by atoms with E-state index in [-0.39, 0.29) is 12.5 Å². The number of carbonyl (C=O) groups excluding carboxylic acids is 1. The molecule has 27 heavy (non-hydrogen) atoms. The molecule has 1 aromatic carbocycles. The molecule has 7 heteroatoms. The molecule has 0 aliphatic rings. The highest BCUT2D eigenvalue weighted by atomic mass is 32.1. The van der Waals surface area contributed by atoms with Crippen LogP contribution in [-0.2, 0) is 4.79 Å². The lowest BCUT2D eigenvalue weighted by Crippen LogP contribution is -2.32. The van der Waals surface area contributed by atoms with Crippen LogP contribution in [0.25, 0.3) is 16.3 Å². The molecule has 0 radical (unpaired) electrons. The number of hydrogen-bond acceptors (Lipinski definition) is 4. The topological polar surface area (TPSA) is 84.2 Å². The summed E-state index contributed by atoms with van der Waals surface area (Å²) in [5.74, 6) is -1.14. The number of rotatable bonds is 7. The van der Waals surface area contributed by atoms with Crippen LogP contribution in [0.2, 0.25) is 0 Å². The van der Waals surface area contributed by atoms with Crippen LogP contribution in [0.5, 0.6) is 0 Å². The van der Waals surface area contributed by atoms with Crippen molar-refractivity contribution in [1.29, 1.82) is 0 Å². The van der Waals surface area contributed by atoms with Crippen molar-refractivity contribution in [3.8, 4) is 16.3 Å². The zero-order valence-corrected chi connectivity index (χ0v) is 16.0. The summed E-state index contributed by atoms with van der Waals surface area (Å²) in [7, 11) is 0. The number of hydrogen-bond donors (Lipinski definition) is 2. The van der Waals surface area contributed by atoms with Gasteiger partial charge >= 0.3 is 5.97 Å². The van der Waals surface area contributed by atoms with Gasteiger partial charge in [-0.2, -0.15) is 5.10 Å². The Hall–Kier alpha value is -2.93. The Morgan fingerprint density at radius 3 is 2.56 bits per heavy atom. The molecule has 0 fully saturated rings. The van der Waals surface area contributed by atoms with E-state index in [1.807, 2.05) is 47.8 Å². The molecule has 3 rings (SSSR count). The molecule has 0 unspecified atom stereocenters. The van der Waals surface area contributed by atoms with Crippen LogP contribution in [0.3, 0.4) is 0 Å². The van der Waals surface area contributed by atoms with Gasteiger partial charge in [0.2, 0.25) is 0 Å². The van der Waals surface area contributed by atoms with Crippen molar-refractivity contribution < 1.29 is 14.7 Å². The molecule has 1 amide bonds. The normalized spacial score (nSPS) is 11.3. The van der Waals surface area contributed by atoms with Crippen molar-refractivity contribution >= 4 is 23.2 Å². The molecule has 0 aliphatic heterocycles. The van der Waals surface area contributed by atoms with Crippen molar-refractivity contribution in [2.75, 3.05) is 6.54 Å². The zero-order chi connectivity index (χ0) is 19.4. The number of aromatic nitrogens is 2. The van der Waals surface area contributed by atoms with Gasteiger partial charge in [-0.25, -0.2) is 4.68 Å². The number of carboxylic acids is 1. The molecule has 2 aromatic heterocycles. The van der Waals surface area contributed by atoms with Gasteiger partial charge in [0.05, 0.1) is 21.5 Å². The zero-order valence-electron chi connectivity index (χ0n) is 15.2. The van der Waals surface area contributed by atoms with Crippen molar-refractivity contribution in [3.63, 3.8) is 0 Å². The second-order valence-electron chi connectivity index (χ2n) is 6.84. The first-order valence-corrected chi connectivity index (χ1v) is 9.47. The summed E-state index contributed by atoms with van der Waals surface area (Å²) >= 11 is 1.51. The van der Waals surface area contributed by atoms with Gasteiger partial charge in [-0.15, -0.1) is 11.3 Å². The number of nitrogens with one attached hydrogen (secondary N) is 1. The van der Waals surface area contributed by atoms with Gasteiger partial charge in [-0.1, -0.05) is 24.3 Å². The van der Waals surface area contributed by atoms with E-state index < -0.39 is 11.4 Å². The number of benzene rings is 1. The van der Waals surface area contributed by atoms with Gasteiger partial charge in [-0.3, -0.25) is 9.59 Å². The van der Waals surface area contributed by atoms with Crippen LogP contribution in [0.1, 0.15) is 30.6 Å². The summed E-state index contributed by atoms with van der Waals surface area (Å²) in [6, 6.07) is 13.4. The summed E-state index contributed by atoms with van der Waals surface area (Å²) in [5.41, 5.74) is 1.05. The molecule has 0 saturated heterocycles. The quantitative estimate of drug-likeness (QED) is 0.649. The largest absolute Gasteiger partial charge is 0.481 e. The first kappa shape index (κ1) is 18.8. The third kappa shape index (κ3) is 4.25. The summed E-state index contributed by atoms with van der Waals surface area (Å²) in [6.07, 6.45) is 2.05. The van der Waals surface area contributed by atoms with Crippen molar-refractivity contribution in [1.82, 2.24) is 15.1 Å². The molecule has 0 aliphatic carbocycles. The summed E-state index contributed by atoms with van der Waals surface area (Å²) in [5, 5.41) is 18.6. The monoisotopic (exact) mass is 383 g/mol. The maximum atomic E-state index is 12.8. The van der Waals surface area contributed by atoms with Crippen molar-refractivity contribution in [3.05, 3.63) is 59.6 Å². The van der Waals surface area contributed by atoms with Crippen molar-refractivity contribution in [2.24, 2.45) is 5.41 Å². The van der Waals surface area contributed by atoms with Crippen LogP contribution >= 0.6 is 11.3 Å². The number of nitrogens with zero attached hydrogens (tertiary/aromatic N) is 2. The van der Waals surface area contributed by atoms with Crippen LogP contribution in [0, 0.1) is 5.41 Å². The molecule has 140 valence electrons. The Bertz CT molecular complexity index is 931. The molecular formula is C20H21N3O3S. The maximum absolute atomic E-state index is 12.8. The van der Waals surface area contributed by atoms with Gasteiger partial charge in [0.15, 0.2) is 0 Å². The summed E-state index contributed by atoms with van der Waals surface area (Å²) in [4.78, 5) is 24.9. The number of aliphatic carboxylic acids is 1. The van der Waals surface area contributed by atoms with E-state index in [1.165, 1.54) is 11.3 Å². The van der Waals surface area contributed by atoms with E-state index in [1.54, 1.807) is 24.7 Å². The first-order chi connectivity index (χ1) is 12.9. The fourth-order valence-corrected chi connectivity index (χ4v) is 3.26. The Morgan fingerprint density at radius 2 is 1.93 bits per heavy atom. The van der Waals surface area contributed by atoms with Gasteiger partial charge in [0, 0.05) is 12.7 Å². The molecule has 2 N–H and O–H groups in total. The van der Waals surface area contributed by atoms with E-state index in [9.17, 15) is 14.7 Å². The maximum Gasteiger partial charge on any atom is 0.309 e. The highest BCUT2D eigenvalue weighted by Crippen LogP contribution is 2.28. The Morgan fingerprint density at radius 1 is 1.19 bits per heavy atom. The molecule has 2 heterocycles. The highest BCUT2D eigenvalue weighted by molar-refractivity contribution is 7.13. The van der Waals surface area contributed by atoms with Crippen molar-refractivity contribution in [2.45, 2.75) is 20.3 Å². The second kappa shape index (κ2) is 7.75. The minimum atomic E-state index is -0.891.